The topological polar surface area (TPSA) is 49.9 Å². The number of benzene rings is 2. The van der Waals surface area contributed by atoms with Crippen LogP contribution in [0, 0.1) is 17.6 Å². The van der Waals surface area contributed by atoms with E-state index in [2.05, 4.69) is 0 Å². The first-order chi connectivity index (χ1) is 15.0. The lowest BCUT2D eigenvalue weighted by atomic mass is 9.84. The molecule has 2 aromatic carbocycles. The summed E-state index contributed by atoms with van der Waals surface area (Å²) in [4.78, 5) is 29.3. The number of thioether (sulfide) groups is 1. The van der Waals surface area contributed by atoms with Gasteiger partial charge in [0.05, 0.1) is 19.3 Å². The van der Waals surface area contributed by atoms with Gasteiger partial charge in [-0.1, -0.05) is 12.5 Å². The molecular weight excluding hydrogens is 422 g/mol. The van der Waals surface area contributed by atoms with Crippen molar-refractivity contribution in [2.75, 3.05) is 24.3 Å². The Morgan fingerprint density at radius 2 is 2.00 bits per heavy atom. The van der Waals surface area contributed by atoms with E-state index in [0.717, 1.165) is 37.0 Å². The van der Waals surface area contributed by atoms with Crippen molar-refractivity contribution >= 4 is 29.3 Å². The average molecular weight is 445 g/mol. The monoisotopic (exact) mass is 444 g/mol. The van der Waals surface area contributed by atoms with Gasteiger partial charge in [0.1, 0.15) is 5.75 Å². The van der Waals surface area contributed by atoms with Crippen molar-refractivity contribution in [3.8, 4) is 5.75 Å². The van der Waals surface area contributed by atoms with Gasteiger partial charge in [0.15, 0.2) is 16.5 Å². The molecule has 1 atom stereocenters. The minimum atomic E-state index is -1.14. The molecule has 1 unspecified atom stereocenters. The molecule has 5 rings (SSSR count). The van der Waals surface area contributed by atoms with E-state index >= 15 is 0 Å². The van der Waals surface area contributed by atoms with Crippen LogP contribution < -0.4 is 9.64 Å². The van der Waals surface area contributed by atoms with Crippen molar-refractivity contribution in [3.63, 3.8) is 0 Å². The smallest absolute Gasteiger partial charge is 0.268 e. The number of methoxy groups -OCH3 is 1. The van der Waals surface area contributed by atoms with Gasteiger partial charge in [-0.2, -0.15) is 0 Å². The number of anilines is 1. The van der Waals surface area contributed by atoms with E-state index in [1.54, 1.807) is 29.0 Å². The van der Waals surface area contributed by atoms with Crippen LogP contribution >= 0.6 is 11.8 Å². The van der Waals surface area contributed by atoms with Crippen LogP contribution in [-0.4, -0.2) is 36.1 Å². The van der Waals surface area contributed by atoms with Crippen LogP contribution in [0.25, 0.3) is 0 Å². The Morgan fingerprint density at radius 3 is 2.68 bits per heavy atom. The van der Waals surface area contributed by atoms with Crippen LogP contribution in [0.5, 0.6) is 5.75 Å². The Balaban J connectivity index is 1.58. The Labute approximate surface area is 183 Å². The van der Waals surface area contributed by atoms with Gasteiger partial charge in [0, 0.05) is 23.8 Å². The summed E-state index contributed by atoms with van der Waals surface area (Å²) in [5.74, 6) is -0.863. The zero-order chi connectivity index (χ0) is 21.8. The fourth-order valence-corrected chi connectivity index (χ4v) is 6.05. The predicted octanol–water partition coefficient (Wildman–Crippen LogP) is 4.05. The number of fused-ring (bicyclic) bond motifs is 2. The minimum absolute atomic E-state index is 0.0213. The Kier molecular flexibility index (Phi) is 4.92. The summed E-state index contributed by atoms with van der Waals surface area (Å²) in [5, 5.41) is 0. The van der Waals surface area contributed by atoms with E-state index in [1.165, 1.54) is 17.8 Å². The summed E-state index contributed by atoms with van der Waals surface area (Å²) in [7, 11) is 1.56. The summed E-state index contributed by atoms with van der Waals surface area (Å²) in [6.07, 6.45) is 2.74. The van der Waals surface area contributed by atoms with Crippen LogP contribution in [0.3, 0.4) is 0 Å². The highest BCUT2D eigenvalue weighted by atomic mass is 32.2. The third-order valence-corrected chi connectivity index (χ3v) is 7.87. The third-order valence-electron chi connectivity index (χ3n) is 6.45. The van der Waals surface area contributed by atoms with E-state index < -0.39 is 16.5 Å². The molecule has 1 aliphatic carbocycles. The van der Waals surface area contributed by atoms with Gasteiger partial charge >= 0.3 is 0 Å². The molecule has 2 amide bonds. The third kappa shape index (κ3) is 3.03. The highest BCUT2D eigenvalue weighted by Crippen LogP contribution is 2.56. The molecule has 0 N–H and O–H groups in total. The molecule has 2 fully saturated rings. The van der Waals surface area contributed by atoms with Crippen molar-refractivity contribution in [2.45, 2.75) is 30.7 Å². The van der Waals surface area contributed by atoms with Gasteiger partial charge in [-0.15, -0.1) is 11.8 Å². The van der Waals surface area contributed by atoms with Crippen molar-refractivity contribution in [1.82, 2.24) is 4.90 Å². The molecule has 2 aromatic rings. The van der Waals surface area contributed by atoms with Crippen molar-refractivity contribution in [3.05, 3.63) is 59.2 Å². The van der Waals surface area contributed by atoms with E-state index in [-0.39, 0.29) is 24.3 Å². The lowest BCUT2D eigenvalue weighted by Gasteiger charge is -2.37. The maximum absolute atomic E-state index is 13.9. The number of nitrogens with zero attached hydrogens (tertiary/aromatic N) is 2. The summed E-state index contributed by atoms with van der Waals surface area (Å²) in [5.41, 5.74) is 1.86. The molecule has 31 heavy (non-hydrogen) atoms. The van der Waals surface area contributed by atoms with Gasteiger partial charge in [0.2, 0.25) is 5.91 Å². The van der Waals surface area contributed by atoms with Crippen molar-refractivity contribution in [1.29, 1.82) is 0 Å². The summed E-state index contributed by atoms with van der Waals surface area (Å²) < 4.78 is 32.6. The number of carbonyl (C=O) groups excluding carboxylic acids is 2. The second-order valence-corrected chi connectivity index (χ2v) is 9.42. The first-order valence-corrected chi connectivity index (χ1v) is 11.3. The fourth-order valence-electron chi connectivity index (χ4n) is 4.60. The molecule has 8 heteroatoms. The number of hydrogen-bond donors (Lipinski definition) is 0. The zero-order valence-electron chi connectivity index (χ0n) is 17.1. The first-order valence-electron chi connectivity index (χ1n) is 10.4. The summed E-state index contributed by atoms with van der Waals surface area (Å²) >= 11 is 1.45. The van der Waals surface area contributed by atoms with Gasteiger partial charge in [-0.05, 0) is 48.7 Å². The second kappa shape index (κ2) is 7.51. The molecular formula is C23H22F2N2O3S. The normalized spacial score (nSPS) is 22.7. The van der Waals surface area contributed by atoms with Gasteiger partial charge in [-0.25, -0.2) is 8.78 Å². The molecule has 3 aliphatic rings. The molecule has 0 aromatic heterocycles. The standard InChI is InChI=1S/C23H22F2N2O3S/c1-30-16-6-8-20-17(12-16)23(27(9-10-31-23)21(28)15-3-2-4-15)22(29)26(20)13-14-5-7-18(24)19(25)11-14/h5-8,11-12,15H,2-4,9-10,13H2,1H3. The van der Waals surface area contributed by atoms with Crippen molar-refractivity contribution in [2.24, 2.45) is 5.92 Å². The largest absolute Gasteiger partial charge is 0.497 e. The minimum Gasteiger partial charge on any atom is -0.497 e. The number of rotatable bonds is 4. The molecule has 1 spiro atoms. The van der Waals surface area contributed by atoms with Crippen LogP contribution in [0.4, 0.5) is 14.5 Å². The molecule has 1 saturated carbocycles. The van der Waals surface area contributed by atoms with Gasteiger partial charge in [0.25, 0.3) is 5.91 Å². The van der Waals surface area contributed by atoms with E-state index in [1.807, 2.05) is 6.07 Å². The predicted molar refractivity (Wildman–Crippen MR) is 114 cm³/mol. The number of halogens is 2. The molecule has 2 aliphatic heterocycles. The Morgan fingerprint density at radius 1 is 1.19 bits per heavy atom. The van der Waals surface area contributed by atoms with Crippen LogP contribution in [0.1, 0.15) is 30.4 Å². The SMILES string of the molecule is COc1ccc2c(c1)C1(SCCN1C(=O)C1CCC1)C(=O)N2Cc1ccc(F)c(F)c1. The van der Waals surface area contributed by atoms with Crippen molar-refractivity contribution < 1.29 is 23.1 Å². The van der Waals surface area contributed by atoms with E-state index in [0.29, 0.717) is 29.3 Å². The maximum atomic E-state index is 13.9. The highest BCUT2D eigenvalue weighted by Gasteiger charge is 2.60. The van der Waals surface area contributed by atoms with E-state index in [9.17, 15) is 18.4 Å². The summed E-state index contributed by atoms with van der Waals surface area (Å²) in [6.45, 7) is 0.588. The van der Waals surface area contributed by atoms with Crippen LogP contribution in [0.2, 0.25) is 0 Å². The second-order valence-electron chi connectivity index (χ2n) is 8.13. The average Bonchev–Trinajstić information content (AvgIpc) is 3.26. The molecule has 0 bridgehead atoms. The highest BCUT2D eigenvalue weighted by molar-refractivity contribution is 8.01. The maximum Gasteiger partial charge on any atom is 0.268 e. The number of amides is 2. The Bertz CT molecular complexity index is 1070. The van der Waals surface area contributed by atoms with Gasteiger partial charge < -0.3 is 14.5 Å². The first kappa shape index (κ1) is 20.3. The molecule has 1 saturated heterocycles. The number of hydrogen-bond acceptors (Lipinski definition) is 4. The lowest BCUT2D eigenvalue weighted by molar-refractivity contribution is -0.145. The summed E-state index contributed by atoms with van der Waals surface area (Å²) in [6, 6.07) is 9.02. The molecule has 5 nitrogen and oxygen atoms in total. The fraction of sp³-hybridized carbons (Fsp3) is 0.391. The Hall–Kier alpha value is -2.61. The molecule has 2 heterocycles. The van der Waals surface area contributed by atoms with Crippen LogP contribution in [-0.2, 0) is 21.0 Å². The molecule has 0 radical (unpaired) electrons. The quantitative estimate of drug-likeness (QED) is 0.714. The lowest BCUT2D eigenvalue weighted by Crippen LogP contribution is -2.52. The van der Waals surface area contributed by atoms with Crippen LogP contribution in [0.15, 0.2) is 36.4 Å². The zero-order valence-corrected chi connectivity index (χ0v) is 17.9. The molecule has 162 valence electrons. The van der Waals surface area contributed by atoms with Gasteiger partial charge in [-0.3, -0.25) is 9.59 Å². The number of ether oxygens (including phenoxy) is 1. The number of carbonyl (C=O) groups is 2. The van der Waals surface area contributed by atoms with E-state index in [4.69, 9.17) is 4.74 Å².